The van der Waals surface area contributed by atoms with Crippen LogP contribution in [0.5, 0.6) is 0 Å². The molecule has 13 heavy (non-hydrogen) atoms. The number of carbonyl (C=O) groups is 2. The summed E-state index contributed by atoms with van der Waals surface area (Å²) in [5.74, 6) is -1.13. The molecule has 0 spiro atoms. The standard InChI is InChI=1S/C7H5O2.CCl2O/c8-7(9)6-4-2-1-3-5-6;2-1(3)4/h1-5H;. The summed E-state index contributed by atoms with van der Waals surface area (Å²) in [7, 11) is 0. The van der Waals surface area contributed by atoms with E-state index in [2.05, 4.69) is 23.2 Å². The molecule has 1 radical (unpaired) electrons. The molecule has 0 saturated heterocycles. The molecule has 5 heteroatoms. The fraction of sp³-hybridized carbons (Fsp3) is 0. The molecule has 1 aromatic rings. The monoisotopic (exact) mass is 219 g/mol. The minimum atomic E-state index is -1.13. The van der Waals surface area contributed by atoms with Gasteiger partial charge in [0.15, 0.2) is 0 Å². The predicted molar refractivity (Wildman–Crippen MR) is 48.6 cm³/mol. The summed E-state index contributed by atoms with van der Waals surface area (Å²) < 4.78 is -0.889. The molecule has 0 saturated carbocycles. The Hall–Kier alpha value is -1.06. The first kappa shape index (κ1) is 11.9. The molecule has 3 nitrogen and oxygen atoms in total. The van der Waals surface area contributed by atoms with Crippen molar-refractivity contribution < 1.29 is 14.7 Å². The van der Waals surface area contributed by atoms with Gasteiger partial charge in [-0.05, 0) is 35.3 Å². The molecular formula is C8H5Cl2O3. The highest BCUT2D eigenvalue weighted by Crippen LogP contribution is 1.96. The molecule has 0 atom stereocenters. The Morgan fingerprint density at radius 3 is 1.62 bits per heavy atom. The van der Waals surface area contributed by atoms with Crippen molar-refractivity contribution in [2.24, 2.45) is 0 Å². The van der Waals surface area contributed by atoms with Gasteiger partial charge < -0.3 is 0 Å². The second-order valence-corrected chi connectivity index (χ2v) is 2.76. The van der Waals surface area contributed by atoms with E-state index in [-0.39, 0.29) is 5.56 Å². The molecule has 0 unspecified atom stereocenters. The zero-order valence-corrected chi connectivity index (χ0v) is 7.88. The lowest BCUT2D eigenvalue weighted by molar-refractivity contribution is 0.0573. The van der Waals surface area contributed by atoms with Gasteiger partial charge in [-0.1, -0.05) is 18.2 Å². The van der Waals surface area contributed by atoms with E-state index in [0.717, 1.165) is 0 Å². The van der Waals surface area contributed by atoms with Crippen LogP contribution in [0.1, 0.15) is 10.4 Å². The van der Waals surface area contributed by atoms with Crippen molar-refractivity contribution in [2.45, 2.75) is 0 Å². The summed E-state index contributed by atoms with van der Waals surface area (Å²) in [6.07, 6.45) is 0. The van der Waals surface area contributed by atoms with E-state index in [1.165, 1.54) is 12.1 Å². The summed E-state index contributed by atoms with van der Waals surface area (Å²) in [6.45, 7) is 0. The quantitative estimate of drug-likeness (QED) is 0.683. The van der Waals surface area contributed by atoms with Crippen LogP contribution < -0.4 is 0 Å². The summed E-state index contributed by atoms with van der Waals surface area (Å²) in [5.41, 5.74) is 0.220. The van der Waals surface area contributed by atoms with Crippen molar-refractivity contribution in [1.82, 2.24) is 0 Å². The van der Waals surface area contributed by atoms with Gasteiger partial charge in [-0.2, -0.15) is 0 Å². The Morgan fingerprint density at radius 2 is 1.38 bits per heavy atom. The molecule has 0 aliphatic carbocycles. The molecule has 1 aromatic carbocycles. The van der Waals surface area contributed by atoms with E-state index in [0.29, 0.717) is 0 Å². The normalized spacial score (nSPS) is 8.15. The van der Waals surface area contributed by atoms with Gasteiger partial charge in [-0.25, -0.2) is 9.90 Å². The van der Waals surface area contributed by atoms with Crippen LogP contribution in [0.25, 0.3) is 0 Å². The largest absolute Gasteiger partial charge is 0.386 e. The lowest BCUT2D eigenvalue weighted by atomic mass is 10.2. The first-order valence-electron chi connectivity index (χ1n) is 3.15. The van der Waals surface area contributed by atoms with E-state index < -0.39 is 10.7 Å². The smallest absolute Gasteiger partial charge is 0.262 e. The van der Waals surface area contributed by atoms with Crippen LogP contribution >= 0.6 is 23.2 Å². The number of carbonyl (C=O) groups excluding carboxylic acids is 2. The van der Waals surface area contributed by atoms with Crippen LogP contribution in [0.2, 0.25) is 0 Å². The van der Waals surface area contributed by atoms with Crippen LogP contribution in [0.3, 0.4) is 0 Å². The highest BCUT2D eigenvalue weighted by atomic mass is 35.5. The molecule has 0 aliphatic rings. The minimum absolute atomic E-state index is 0.220. The lowest BCUT2D eigenvalue weighted by Gasteiger charge is -1.85. The van der Waals surface area contributed by atoms with Crippen LogP contribution in [-0.4, -0.2) is 10.7 Å². The van der Waals surface area contributed by atoms with Gasteiger partial charge in [0.05, 0.1) is 5.56 Å². The maximum absolute atomic E-state index is 10.1. The Labute approximate surface area is 84.9 Å². The van der Waals surface area contributed by atoms with Gasteiger partial charge in [0, 0.05) is 0 Å². The van der Waals surface area contributed by atoms with E-state index in [1.54, 1.807) is 18.2 Å². The zero-order chi connectivity index (χ0) is 10.3. The summed E-state index contributed by atoms with van der Waals surface area (Å²) in [4.78, 5) is 19.1. The Bertz CT molecular complexity index is 281. The number of rotatable bonds is 1. The van der Waals surface area contributed by atoms with Crippen LogP contribution in [0.15, 0.2) is 30.3 Å². The van der Waals surface area contributed by atoms with Crippen molar-refractivity contribution >= 4 is 33.9 Å². The maximum atomic E-state index is 10.1. The molecule has 0 aromatic heterocycles. The molecular weight excluding hydrogens is 215 g/mol. The zero-order valence-electron chi connectivity index (χ0n) is 6.37. The van der Waals surface area contributed by atoms with Gasteiger partial charge in [0.1, 0.15) is 0 Å². The van der Waals surface area contributed by atoms with Gasteiger partial charge in [0.2, 0.25) is 0 Å². The van der Waals surface area contributed by atoms with Crippen molar-refractivity contribution in [3.8, 4) is 0 Å². The number of halogens is 2. The summed E-state index contributed by atoms with van der Waals surface area (Å²) in [6, 6.07) is 8.06. The third-order valence-corrected chi connectivity index (χ3v) is 1.01. The van der Waals surface area contributed by atoms with E-state index >= 15 is 0 Å². The summed E-state index contributed by atoms with van der Waals surface area (Å²) >= 11 is 8.80. The van der Waals surface area contributed by atoms with Crippen molar-refractivity contribution in [2.75, 3.05) is 0 Å². The van der Waals surface area contributed by atoms with Crippen molar-refractivity contribution in [3.05, 3.63) is 35.9 Å². The first-order chi connectivity index (χ1) is 6.04. The number of benzene rings is 1. The highest BCUT2D eigenvalue weighted by molar-refractivity contribution is 6.93. The Kier molecular flexibility index (Phi) is 5.93. The highest BCUT2D eigenvalue weighted by Gasteiger charge is 1.99. The third kappa shape index (κ3) is 7.31. The van der Waals surface area contributed by atoms with Crippen molar-refractivity contribution in [3.63, 3.8) is 0 Å². The average Bonchev–Trinajstić information content (AvgIpc) is 2.05. The van der Waals surface area contributed by atoms with E-state index in [9.17, 15) is 9.90 Å². The van der Waals surface area contributed by atoms with Gasteiger partial charge in [-0.3, -0.25) is 4.79 Å². The fourth-order valence-corrected chi connectivity index (χ4v) is 0.574. The molecule has 0 amide bonds. The second-order valence-electron chi connectivity index (χ2n) is 1.88. The molecule has 0 N–H and O–H groups in total. The second kappa shape index (κ2) is 6.46. The van der Waals surface area contributed by atoms with Crippen LogP contribution in [0, 0.1) is 0 Å². The maximum Gasteiger partial charge on any atom is 0.386 e. The SMILES string of the molecule is O=C(Cl)Cl.[O]C(=O)c1ccccc1. The third-order valence-electron chi connectivity index (χ3n) is 1.01. The van der Waals surface area contributed by atoms with E-state index in [1.807, 2.05) is 0 Å². The predicted octanol–water partition coefficient (Wildman–Crippen LogP) is 2.84. The topological polar surface area (TPSA) is 54.0 Å². The molecule has 0 fully saturated rings. The minimum Gasteiger partial charge on any atom is -0.262 e. The number of hydrogen-bond acceptors (Lipinski definition) is 2. The van der Waals surface area contributed by atoms with Gasteiger partial charge in [0.25, 0.3) is 0 Å². The van der Waals surface area contributed by atoms with Crippen LogP contribution in [-0.2, 0) is 5.11 Å². The van der Waals surface area contributed by atoms with Crippen LogP contribution in [0.4, 0.5) is 4.79 Å². The average molecular weight is 220 g/mol. The van der Waals surface area contributed by atoms with Gasteiger partial charge >= 0.3 is 10.7 Å². The molecule has 0 bridgehead atoms. The first-order valence-corrected chi connectivity index (χ1v) is 3.91. The fourth-order valence-electron chi connectivity index (χ4n) is 0.574. The molecule has 69 valence electrons. The van der Waals surface area contributed by atoms with Crippen molar-refractivity contribution in [1.29, 1.82) is 0 Å². The molecule has 0 aliphatic heterocycles. The van der Waals surface area contributed by atoms with Gasteiger partial charge in [-0.15, -0.1) is 0 Å². The molecule has 1 rings (SSSR count). The Morgan fingerprint density at radius 1 is 1.00 bits per heavy atom. The van der Waals surface area contributed by atoms with E-state index in [4.69, 9.17) is 4.79 Å². The summed E-state index contributed by atoms with van der Waals surface area (Å²) in [5, 5.41) is 10.1. The number of hydrogen-bond donors (Lipinski definition) is 0. The lowest BCUT2D eigenvalue weighted by Crippen LogP contribution is -1.91. The Balaban J connectivity index is 0.000000310. The molecule has 0 heterocycles.